The van der Waals surface area contributed by atoms with Gasteiger partial charge in [-0.15, -0.1) is 0 Å². The van der Waals surface area contributed by atoms with Gasteiger partial charge in [0.1, 0.15) is 29.4 Å². The molecule has 0 spiro atoms. The van der Waals surface area contributed by atoms with E-state index >= 15 is 4.39 Å². The molecule has 308 valence electrons. The van der Waals surface area contributed by atoms with E-state index in [0.717, 1.165) is 35.0 Å². The minimum atomic E-state index is -1.81. The molecule has 8 rings (SSSR count). The van der Waals surface area contributed by atoms with Crippen LogP contribution in [0, 0.1) is 17.7 Å². The summed E-state index contributed by atoms with van der Waals surface area (Å²) in [6.07, 6.45) is 2.09. The Morgan fingerprint density at radius 2 is 1.67 bits per heavy atom. The minimum absolute atomic E-state index is 0.0593. The van der Waals surface area contributed by atoms with E-state index in [0.29, 0.717) is 52.9 Å². The quantitative estimate of drug-likeness (QED) is 0.0915. The summed E-state index contributed by atoms with van der Waals surface area (Å²) in [6, 6.07) is 8.73. The van der Waals surface area contributed by atoms with E-state index in [2.05, 4.69) is 25.3 Å². The van der Waals surface area contributed by atoms with Gasteiger partial charge in [0.15, 0.2) is 6.23 Å². The van der Waals surface area contributed by atoms with Crippen molar-refractivity contribution in [1.82, 2.24) is 39.6 Å². The van der Waals surface area contributed by atoms with Gasteiger partial charge >= 0.3 is 0 Å². The molecule has 3 aliphatic heterocycles. The third-order valence-corrected chi connectivity index (χ3v) is 11.8. The number of aromatic amines is 2. The number of aliphatic hydroxyl groups is 2. The van der Waals surface area contributed by atoms with E-state index in [1.807, 2.05) is 63.5 Å². The van der Waals surface area contributed by atoms with Crippen LogP contribution in [0.15, 0.2) is 48.8 Å². The van der Waals surface area contributed by atoms with Crippen molar-refractivity contribution >= 4 is 22.7 Å². The molecule has 2 amide bonds. The van der Waals surface area contributed by atoms with Crippen molar-refractivity contribution in [3.63, 3.8) is 0 Å². The fourth-order valence-corrected chi connectivity index (χ4v) is 8.72. The summed E-state index contributed by atoms with van der Waals surface area (Å²) in [5.74, 6) is 0.153. The SMILES string of the molecule is CCC1Oc2cc(-c3cnc([C@@H]4C[C@@H](F)CN4C(=O)[C@@H](N)C(C)C)[nH]3)cc(F)c2-c2cc3cc(-c4cnc([C@@H]5CCCN5C(=O)[C@@H](NC(O)O)C(C)C)[nH]4)ccc3n21. The predicted octanol–water partition coefficient (Wildman–Crippen LogP) is 5.67. The zero-order valence-corrected chi connectivity index (χ0v) is 33.2. The molecule has 0 radical (unpaired) electrons. The Kier molecular flexibility index (Phi) is 10.6. The molecule has 58 heavy (non-hydrogen) atoms. The largest absolute Gasteiger partial charge is 0.469 e. The molecular weight excluding hydrogens is 749 g/mol. The van der Waals surface area contributed by atoms with E-state index in [-0.39, 0.29) is 42.7 Å². The second-order valence-corrected chi connectivity index (χ2v) is 16.4. The highest BCUT2D eigenvalue weighted by atomic mass is 19.1. The third kappa shape index (κ3) is 7.05. The van der Waals surface area contributed by atoms with Crippen LogP contribution in [0.5, 0.6) is 5.75 Å². The smallest absolute Gasteiger partial charge is 0.240 e. The summed E-state index contributed by atoms with van der Waals surface area (Å²) in [7, 11) is 0. The number of amides is 2. The molecular formula is C42H51F2N9O5. The second-order valence-electron chi connectivity index (χ2n) is 16.4. The molecule has 2 aromatic carbocycles. The van der Waals surface area contributed by atoms with Gasteiger partial charge in [-0.05, 0) is 55.0 Å². The van der Waals surface area contributed by atoms with Crippen LogP contribution in [-0.2, 0) is 9.59 Å². The first-order chi connectivity index (χ1) is 27.7. The third-order valence-electron chi connectivity index (χ3n) is 11.8. The molecule has 0 bridgehead atoms. The molecule has 6 atom stereocenters. The van der Waals surface area contributed by atoms with Crippen molar-refractivity contribution in [2.75, 3.05) is 13.1 Å². The molecule has 0 aliphatic carbocycles. The number of hydrogen-bond donors (Lipinski definition) is 6. The summed E-state index contributed by atoms with van der Waals surface area (Å²) in [5, 5.41) is 22.5. The Bertz CT molecular complexity index is 2340. The van der Waals surface area contributed by atoms with Crippen molar-refractivity contribution in [2.45, 2.75) is 103 Å². The second kappa shape index (κ2) is 15.5. The summed E-state index contributed by atoms with van der Waals surface area (Å²) in [5.41, 5.74) is 10.7. The lowest BCUT2D eigenvalue weighted by Crippen LogP contribution is -2.52. The first kappa shape index (κ1) is 39.7. The number of alkyl halides is 1. The average molecular weight is 800 g/mol. The molecule has 6 heterocycles. The minimum Gasteiger partial charge on any atom is -0.469 e. The number of ether oxygens (including phenoxy) is 1. The van der Waals surface area contributed by atoms with Gasteiger partial charge in [-0.2, -0.15) is 0 Å². The first-order valence-corrected chi connectivity index (χ1v) is 20.1. The Morgan fingerprint density at radius 3 is 2.34 bits per heavy atom. The Hall–Kier alpha value is -5.16. The summed E-state index contributed by atoms with van der Waals surface area (Å²) < 4.78 is 39.5. The van der Waals surface area contributed by atoms with Crippen LogP contribution in [-0.4, -0.2) is 94.1 Å². The van der Waals surface area contributed by atoms with E-state index in [1.54, 1.807) is 23.4 Å². The molecule has 2 saturated heterocycles. The Balaban J connectivity index is 1.07. The number of halogens is 2. The first-order valence-electron chi connectivity index (χ1n) is 20.1. The number of nitrogens with one attached hydrogen (secondary N) is 3. The molecule has 0 saturated carbocycles. The van der Waals surface area contributed by atoms with Crippen LogP contribution in [0.4, 0.5) is 8.78 Å². The van der Waals surface area contributed by atoms with Crippen molar-refractivity contribution in [2.24, 2.45) is 17.6 Å². The van der Waals surface area contributed by atoms with Gasteiger partial charge in [0.05, 0.1) is 71.3 Å². The number of rotatable bonds is 11. The highest BCUT2D eigenvalue weighted by Gasteiger charge is 2.41. The van der Waals surface area contributed by atoms with Gasteiger partial charge in [0, 0.05) is 35.9 Å². The summed E-state index contributed by atoms with van der Waals surface area (Å²) in [4.78, 5) is 45.7. The Morgan fingerprint density at radius 1 is 0.966 bits per heavy atom. The lowest BCUT2D eigenvalue weighted by atomic mass is 10.0. The molecule has 1 unspecified atom stereocenters. The number of carbonyl (C=O) groups is 2. The zero-order valence-electron chi connectivity index (χ0n) is 33.2. The topological polar surface area (TPSA) is 191 Å². The van der Waals surface area contributed by atoms with Crippen molar-refractivity contribution in [3.8, 4) is 39.5 Å². The van der Waals surface area contributed by atoms with Gasteiger partial charge in [-0.25, -0.2) is 18.7 Å². The van der Waals surface area contributed by atoms with Crippen LogP contribution in [0.2, 0.25) is 0 Å². The summed E-state index contributed by atoms with van der Waals surface area (Å²) >= 11 is 0. The average Bonchev–Trinajstić information content (AvgIpc) is 4.04. The monoisotopic (exact) mass is 799 g/mol. The number of aliphatic hydroxyl groups excluding tert-OH is 1. The molecule has 2 fully saturated rings. The van der Waals surface area contributed by atoms with Crippen LogP contribution < -0.4 is 15.8 Å². The fraction of sp³-hybridized carbons (Fsp3) is 0.476. The zero-order chi connectivity index (χ0) is 41.2. The number of H-pyrrole nitrogens is 2. The van der Waals surface area contributed by atoms with Crippen LogP contribution in [0.25, 0.3) is 44.7 Å². The van der Waals surface area contributed by atoms with E-state index < -0.39 is 42.8 Å². The van der Waals surface area contributed by atoms with Crippen LogP contribution in [0.3, 0.4) is 0 Å². The van der Waals surface area contributed by atoms with E-state index in [1.165, 1.54) is 11.0 Å². The lowest BCUT2D eigenvalue weighted by Gasteiger charge is -2.30. The highest BCUT2D eigenvalue weighted by Crippen LogP contribution is 2.47. The van der Waals surface area contributed by atoms with Gasteiger partial charge in [0.25, 0.3) is 0 Å². The number of nitrogens with zero attached hydrogens (tertiary/aromatic N) is 5. The van der Waals surface area contributed by atoms with Gasteiger partial charge in [0.2, 0.25) is 18.2 Å². The number of nitrogens with two attached hydrogens (primary N) is 1. The van der Waals surface area contributed by atoms with Gasteiger partial charge in [-0.1, -0.05) is 40.7 Å². The van der Waals surface area contributed by atoms with Crippen molar-refractivity contribution in [1.29, 1.82) is 0 Å². The van der Waals surface area contributed by atoms with E-state index in [4.69, 9.17) is 10.5 Å². The molecule has 3 aliphatic rings. The van der Waals surface area contributed by atoms with Crippen LogP contribution >= 0.6 is 0 Å². The van der Waals surface area contributed by atoms with E-state index in [9.17, 15) is 24.2 Å². The molecule has 7 N–H and O–H groups in total. The predicted molar refractivity (Wildman–Crippen MR) is 213 cm³/mol. The van der Waals surface area contributed by atoms with Gasteiger partial charge < -0.3 is 45.0 Å². The number of fused-ring (bicyclic) bond motifs is 5. The number of imidazole rings is 2. The number of aromatic nitrogens is 5. The van der Waals surface area contributed by atoms with Crippen LogP contribution in [0.1, 0.15) is 90.3 Å². The van der Waals surface area contributed by atoms with Gasteiger partial charge in [-0.3, -0.25) is 14.9 Å². The molecule has 5 aromatic rings. The maximum Gasteiger partial charge on any atom is 0.240 e. The maximum atomic E-state index is 16.4. The number of hydrogen-bond acceptors (Lipinski definition) is 9. The summed E-state index contributed by atoms with van der Waals surface area (Å²) in [6.45, 7) is 9.89. The Labute approximate surface area is 334 Å². The van der Waals surface area contributed by atoms with Crippen molar-refractivity contribution in [3.05, 3.63) is 66.3 Å². The normalized spacial score (nSPS) is 21.6. The standard InChI is InChI=1S/C42H51F2N9O5/c1-6-34-53-29-10-9-22(27-17-46-38(48-27)30-8-7-11-51(30)41(55)37(21(4)5)50-42(56)57)12-24(29)14-31(53)35-26(44)13-23(15-33(35)58-34)28-18-47-39(49-28)32-16-25(43)19-52(32)40(54)36(45)20(2)3/h9-10,12-15,17-18,20-21,25,30,32,34,36-37,42,50,56-57H,6-8,11,16,19,45H2,1-5H3,(H,46,48)(H,47,49)/t25-,30+,32+,34?,36+,37+/m1/s1. The molecule has 16 heteroatoms. The fourth-order valence-electron chi connectivity index (χ4n) is 8.72. The van der Waals surface area contributed by atoms with Crippen molar-refractivity contribution < 1.29 is 33.3 Å². The highest BCUT2D eigenvalue weighted by molar-refractivity contribution is 5.92. The number of likely N-dealkylation sites (tertiary alicyclic amines) is 2. The number of benzene rings is 2. The number of carbonyl (C=O) groups excluding carboxylic acids is 2. The lowest BCUT2D eigenvalue weighted by molar-refractivity contribution is -0.141. The molecule has 3 aromatic heterocycles. The maximum absolute atomic E-state index is 16.4. The molecule has 14 nitrogen and oxygen atoms in total.